The van der Waals surface area contributed by atoms with Crippen molar-refractivity contribution in [3.05, 3.63) is 23.5 Å². The molecule has 0 amide bonds. The van der Waals surface area contributed by atoms with Gasteiger partial charge in [0, 0.05) is 6.20 Å². The third kappa shape index (κ3) is 2.61. The Morgan fingerprint density at radius 1 is 1.23 bits per heavy atom. The minimum atomic E-state index is 0.278. The molecule has 1 aliphatic carbocycles. The lowest BCUT2D eigenvalue weighted by atomic mass is 10.0. The predicted octanol–water partition coefficient (Wildman–Crippen LogP) is 2.77. The molecular formula is C16H20N4O2. The Morgan fingerprint density at radius 2 is 2.05 bits per heavy atom. The van der Waals surface area contributed by atoms with Crippen LogP contribution < -0.4 is 9.47 Å². The van der Waals surface area contributed by atoms with Gasteiger partial charge in [0.1, 0.15) is 5.69 Å². The Kier molecular flexibility index (Phi) is 3.92. The lowest BCUT2D eigenvalue weighted by Gasteiger charge is -2.11. The van der Waals surface area contributed by atoms with Crippen molar-refractivity contribution in [2.45, 2.75) is 32.6 Å². The van der Waals surface area contributed by atoms with Crippen LogP contribution in [0.25, 0.3) is 11.3 Å². The van der Waals surface area contributed by atoms with Crippen LogP contribution in [0.1, 0.15) is 36.9 Å². The minimum Gasteiger partial charge on any atom is -0.480 e. The van der Waals surface area contributed by atoms with Crippen LogP contribution >= 0.6 is 0 Å². The third-order valence-electron chi connectivity index (χ3n) is 4.15. The summed E-state index contributed by atoms with van der Waals surface area (Å²) in [7, 11) is 3.11. The average molecular weight is 300 g/mol. The fraction of sp³-hybridized carbons (Fsp3) is 0.500. The summed E-state index contributed by atoms with van der Waals surface area (Å²) in [5.74, 6) is 1.73. The molecule has 22 heavy (non-hydrogen) atoms. The number of aromatic nitrogens is 4. The first-order valence-corrected chi connectivity index (χ1v) is 7.47. The Morgan fingerprint density at radius 3 is 2.68 bits per heavy atom. The van der Waals surface area contributed by atoms with Gasteiger partial charge in [-0.3, -0.25) is 0 Å². The van der Waals surface area contributed by atoms with Gasteiger partial charge < -0.3 is 9.47 Å². The van der Waals surface area contributed by atoms with E-state index in [4.69, 9.17) is 9.47 Å². The van der Waals surface area contributed by atoms with E-state index in [1.807, 2.05) is 6.92 Å². The maximum Gasteiger partial charge on any atom is 0.319 e. The molecule has 1 saturated carbocycles. The maximum atomic E-state index is 5.38. The van der Waals surface area contributed by atoms with Crippen molar-refractivity contribution in [3.8, 4) is 23.1 Å². The molecule has 0 bridgehead atoms. The summed E-state index contributed by atoms with van der Waals surface area (Å²) >= 11 is 0. The SMILES string of the molecule is CCC1CC1c1cc(C)nnc1-c1cnc(OC)nc1OC. The van der Waals surface area contributed by atoms with Crippen LogP contribution in [-0.4, -0.2) is 34.4 Å². The van der Waals surface area contributed by atoms with E-state index in [1.165, 1.54) is 25.5 Å². The smallest absolute Gasteiger partial charge is 0.319 e. The van der Waals surface area contributed by atoms with E-state index in [0.717, 1.165) is 22.9 Å². The third-order valence-corrected chi connectivity index (χ3v) is 4.15. The zero-order valence-electron chi connectivity index (χ0n) is 13.3. The average Bonchev–Trinajstić information content (AvgIpc) is 3.34. The number of hydrogen-bond acceptors (Lipinski definition) is 6. The van der Waals surface area contributed by atoms with Gasteiger partial charge in [0.15, 0.2) is 0 Å². The molecule has 0 N–H and O–H groups in total. The molecule has 0 aliphatic heterocycles. The first-order chi connectivity index (χ1) is 10.7. The molecule has 0 spiro atoms. The molecule has 116 valence electrons. The van der Waals surface area contributed by atoms with E-state index >= 15 is 0 Å². The van der Waals surface area contributed by atoms with Gasteiger partial charge in [-0.1, -0.05) is 13.3 Å². The molecule has 6 nitrogen and oxygen atoms in total. The Hall–Kier alpha value is -2.24. The van der Waals surface area contributed by atoms with Crippen LogP contribution in [0.5, 0.6) is 11.9 Å². The van der Waals surface area contributed by atoms with Crippen molar-refractivity contribution in [3.63, 3.8) is 0 Å². The molecule has 3 rings (SSSR count). The lowest BCUT2D eigenvalue weighted by molar-refractivity contribution is 0.353. The first-order valence-electron chi connectivity index (χ1n) is 7.47. The zero-order valence-corrected chi connectivity index (χ0v) is 13.3. The fourth-order valence-electron chi connectivity index (χ4n) is 2.85. The highest BCUT2D eigenvalue weighted by molar-refractivity contribution is 5.68. The number of aryl methyl sites for hydroxylation is 1. The maximum absolute atomic E-state index is 5.38. The summed E-state index contributed by atoms with van der Waals surface area (Å²) in [6.07, 6.45) is 4.08. The van der Waals surface area contributed by atoms with Gasteiger partial charge in [0.05, 0.1) is 25.5 Å². The van der Waals surface area contributed by atoms with Gasteiger partial charge >= 0.3 is 6.01 Å². The summed E-state index contributed by atoms with van der Waals surface area (Å²) < 4.78 is 10.4. The van der Waals surface area contributed by atoms with Crippen LogP contribution in [0.3, 0.4) is 0 Å². The second-order valence-corrected chi connectivity index (χ2v) is 5.58. The van der Waals surface area contributed by atoms with E-state index in [1.54, 1.807) is 13.3 Å². The predicted molar refractivity (Wildman–Crippen MR) is 82.0 cm³/mol. The van der Waals surface area contributed by atoms with Gasteiger partial charge in [-0.05, 0) is 36.8 Å². The lowest BCUT2D eigenvalue weighted by Crippen LogP contribution is -2.02. The topological polar surface area (TPSA) is 70.0 Å². The molecule has 0 radical (unpaired) electrons. The summed E-state index contributed by atoms with van der Waals surface area (Å²) in [4.78, 5) is 8.43. The van der Waals surface area contributed by atoms with Crippen molar-refractivity contribution >= 4 is 0 Å². The molecule has 6 heteroatoms. The van der Waals surface area contributed by atoms with E-state index in [9.17, 15) is 0 Å². The summed E-state index contributed by atoms with van der Waals surface area (Å²) in [5, 5.41) is 8.59. The zero-order chi connectivity index (χ0) is 15.7. The molecule has 0 aromatic carbocycles. The monoisotopic (exact) mass is 300 g/mol. The largest absolute Gasteiger partial charge is 0.480 e. The van der Waals surface area contributed by atoms with Gasteiger partial charge in [-0.25, -0.2) is 4.98 Å². The highest BCUT2D eigenvalue weighted by atomic mass is 16.5. The highest BCUT2D eigenvalue weighted by Crippen LogP contribution is 2.52. The van der Waals surface area contributed by atoms with Gasteiger partial charge in [0.25, 0.3) is 0 Å². The van der Waals surface area contributed by atoms with E-state index in [2.05, 4.69) is 33.2 Å². The van der Waals surface area contributed by atoms with E-state index in [-0.39, 0.29) is 6.01 Å². The second-order valence-electron chi connectivity index (χ2n) is 5.58. The molecule has 1 fully saturated rings. The van der Waals surface area contributed by atoms with Crippen LogP contribution in [0.4, 0.5) is 0 Å². The number of hydrogen-bond donors (Lipinski definition) is 0. The minimum absolute atomic E-state index is 0.278. The van der Waals surface area contributed by atoms with Crippen LogP contribution in [0.15, 0.2) is 12.3 Å². The Labute approximate surface area is 129 Å². The van der Waals surface area contributed by atoms with Crippen LogP contribution in [0, 0.1) is 12.8 Å². The number of ether oxygens (including phenoxy) is 2. The van der Waals surface area contributed by atoms with Crippen LogP contribution in [-0.2, 0) is 0 Å². The standard InChI is InChI=1S/C16H20N4O2/c1-5-10-7-11(10)12-6-9(2)19-20-14(12)13-8-17-16(22-4)18-15(13)21-3/h6,8,10-11H,5,7H2,1-4H3. The van der Waals surface area contributed by atoms with E-state index in [0.29, 0.717) is 11.8 Å². The summed E-state index contributed by atoms with van der Waals surface area (Å²) in [6, 6.07) is 2.40. The van der Waals surface area contributed by atoms with Gasteiger partial charge in [-0.15, -0.1) is 5.10 Å². The number of methoxy groups -OCH3 is 2. The molecular weight excluding hydrogens is 280 g/mol. The van der Waals surface area contributed by atoms with E-state index < -0.39 is 0 Å². The molecule has 2 aromatic rings. The first kappa shape index (κ1) is 14.7. The molecule has 2 aromatic heterocycles. The van der Waals surface area contributed by atoms with Crippen molar-refractivity contribution in [1.82, 2.24) is 20.2 Å². The Bertz CT molecular complexity index is 690. The molecule has 2 atom stereocenters. The quantitative estimate of drug-likeness (QED) is 0.845. The summed E-state index contributed by atoms with van der Waals surface area (Å²) in [6.45, 7) is 4.19. The van der Waals surface area contributed by atoms with Crippen LogP contribution in [0.2, 0.25) is 0 Å². The summed E-state index contributed by atoms with van der Waals surface area (Å²) in [5.41, 5.74) is 3.71. The molecule has 2 heterocycles. The number of nitrogens with zero attached hydrogens (tertiary/aromatic N) is 4. The van der Waals surface area contributed by atoms with Crippen molar-refractivity contribution in [2.24, 2.45) is 5.92 Å². The normalized spacial score (nSPS) is 19.8. The van der Waals surface area contributed by atoms with Gasteiger partial charge in [0.2, 0.25) is 5.88 Å². The highest BCUT2D eigenvalue weighted by Gasteiger charge is 2.39. The van der Waals surface area contributed by atoms with Crippen molar-refractivity contribution in [2.75, 3.05) is 14.2 Å². The number of rotatable bonds is 5. The fourth-order valence-corrected chi connectivity index (χ4v) is 2.85. The Balaban J connectivity index is 2.08. The van der Waals surface area contributed by atoms with Crippen molar-refractivity contribution in [1.29, 1.82) is 0 Å². The second kappa shape index (κ2) is 5.87. The van der Waals surface area contributed by atoms with Gasteiger partial charge in [-0.2, -0.15) is 10.1 Å². The molecule has 0 saturated heterocycles. The molecule has 2 unspecified atom stereocenters. The van der Waals surface area contributed by atoms with Crippen molar-refractivity contribution < 1.29 is 9.47 Å². The molecule has 1 aliphatic rings.